The summed E-state index contributed by atoms with van der Waals surface area (Å²) in [6, 6.07) is 20.0. The van der Waals surface area contributed by atoms with Gasteiger partial charge in [0.1, 0.15) is 0 Å². The molecule has 0 saturated heterocycles. The van der Waals surface area contributed by atoms with Crippen LogP contribution in [0.4, 0.5) is 18.9 Å². The molecule has 0 aliphatic rings. The molecule has 0 aliphatic carbocycles. The predicted octanol–water partition coefficient (Wildman–Crippen LogP) is 7.17. The Labute approximate surface area is 222 Å². The van der Waals surface area contributed by atoms with Gasteiger partial charge in [0.2, 0.25) is 0 Å². The van der Waals surface area contributed by atoms with Crippen LogP contribution in [-0.4, -0.2) is 16.8 Å². The molecule has 5 nitrogen and oxygen atoms in total. The second-order valence-electron chi connectivity index (χ2n) is 8.51. The first kappa shape index (κ1) is 26.9. The SMILES string of the molecule is CCc1cccc(C(=O)Nc2ccc(Cl)cc2-c2cc(C(=O)NCc3cccc(C(F)(F)F)c3)ccn2)c1. The van der Waals surface area contributed by atoms with Gasteiger partial charge < -0.3 is 10.6 Å². The van der Waals surface area contributed by atoms with Crippen LogP contribution in [0.25, 0.3) is 11.3 Å². The van der Waals surface area contributed by atoms with Crippen molar-refractivity contribution in [3.63, 3.8) is 0 Å². The van der Waals surface area contributed by atoms with Gasteiger partial charge in [-0.05, 0) is 72.1 Å². The van der Waals surface area contributed by atoms with Gasteiger partial charge in [0.15, 0.2) is 0 Å². The Kier molecular flexibility index (Phi) is 8.12. The van der Waals surface area contributed by atoms with E-state index in [4.69, 9.17) is 11.6 Å². The van der Waals surface area contributed by atoms with Crippen molar-refractivity contribution in [2.24, 2.45) is 0 Å². The van der Waals surface area contributed by atoms with Crippen LogP contribution < -0.4 is 10.6 Å². The van der Waals surface area contributed by atoms with E-state index in [0.717, 1.165) is 24.1 Å². The molecule has 0 saturated carbocycles. The van der Waals surface area contributed by atoms with E-state index >= 15 is 0 Å². The third-order valence-electron chi connectivity index (χ3n) is 5.83. The molecule has 2 N–H and O–H groups in total. The van der Waals surface area contributed by atoms with Crippen LogP contribution in [-0.2, 0) is 19.1 Å². The molecule has 0 aliphatic heterocycles. The molecule has 4 aromatic rings. The highest BCUT2D eigenvalue weighted by Gasteiger charge is 2.30. The van der Waals surface area contributed by atoms with Crippen molar-refractivity contribution in [3.8, 4) is 11.3 Å². The number of nitrogens with one attached hydrogen (secondary N) is 2. The highest BCUT2D eigenvalue weighted by atomic mass is 35.5. The van der Waals surface area contributed by atoms with Gasteiger partial charge in [0.05, 0.1) is 16.9 Å². The molecular formula is C29H23ClF3N3O2. The first-order valence-electron chi connectivity index (χ1n) is 11.7. The van der Waals surface area contributed by atoms with Gasteiger partial charge in [-0.25, -0.2) is 0 Å². The normalized spacial score (nSPS) is 11.2. The summed E-state index contributed by atoms with van der Waals surface area (Å²) >= 11 is 6.22. The molecule has 3 aromatic carbocycles. The summed E-state index contributed by atoms with van der Waals surface area (Å²) in [5, 5.41) is 5.93. The number of amides is 2. The lowest BCUT2D eigenvalue weighted by molar-refractivity contribution is -0.137. The maximum absolute atomic E-state index is 13.0. The van der Waals surface area contributed by atoms with Crippen molar-refractivity contribution in [1.29, 1.82) is 0 Å². The standard InChI is InChI=1S/C29H23ClF3N3O2/c1-2-18-5-3-7-20(13-18)28(38)36-25-10-9-23(30)16-24(25)26-15-21(11-12-34-26)27(37)35-17-19-6-4-8-22(14-19)29(31,32)33/h3-16H,2,17H2,1H3,(H,35,37)(H,36,38). The lowest BCUT2D eigenvalue weighted by Crippen LogP contribution is -2.23. The topological polar surface area (TPSA) is 71.1 Å². The van der Waals surface area contributed by atoms with Gasteiger partial charge in [0, 0.05) is 34.5 Å². The van der Waals surface area contributed by atoms with Gasteiger partial charge in [-0.3, -0.25) is 14.6 Å². The van der Waals surface area contributed by atoms with Gasteiger partial charge >= 0.3 is 6.18 Å². The molecule has 4 rings (SSSR count). The number of benzene rings is 3. The molecule has 0 bridgehead atoms. The lowest BCUT2D eigenvalue weighted by atomic mass is 10.0. The molecule has 0 unspecified atom stereocenters. The number of halogens is 4. The molecule has 0 fully saturated rings. The highest BCUT2D eigenvalue weighted by molar-refractivity contribution is 6.31. The number of nitrogens with zero attached hydrogens (tertiary/aromatic N) is 1. The van der Waals surface area contributed by atoms with E-state index in [-0.39, 0.29) is 18.0 Å². The molecule has 38 heavy (non-hydrogen) atoms. The minimum Gasteiger partial charge on any atom is -0.348 e. The average molecular weight is 538 g/mol. The van der Waals surface area contributed by atoms with E-state index in [1.54, 1.807) is 24.3 Å². The Morgan fingerprint density at radius 2 is 1.61 bits per heavy atom. The molecule has 0 spiro atoms. The van der Waals surface area contributed by atoms with E-state index < -0.39 is 17.6 Å². The zero-order valence-electron chi connectivity index (χ0n) is 20.3. The number of hydrogen-bond donors (Lipinski definition) is 2. The first-order valence-corrected chi connectivity index (χ1v) is 12.1. The molecule has 0 atom stereocenters. The van der Waals surface area contributed by atoms with Crippen molar-refractivity contribution in [2.45, 2.75) is 26.1 Å². The van der Waals surface area contributed by atoms with Crippen molar-refractivity contribution >= 4 is 29.1 Å². The average Bonchev–Trinajstić information content (AvgIpc) is 2.92. The summed E-state index contributed by atoms with van der Waals surface area (Å²) in [4.78, 5) is 30.1. The van der Waals surface area contributed by atoms with Crippen LogP contribution in [0, 0.1) is 0 Å². The molecular weight excluding hydrogens is 515 g/mol. The van der Waals surface area contributed by atoms with E-state index in [0.29, 0.717) is 33.1 Å². The number of pyridine rings is 1. The number of hydrogen-bond acceptors (Lipinski definition) is 3. The molecule has 194 valence electrons. The van der Waals surface area contributed by atoms with Crippen LogP contribution >= 0.6 is 11.6 Å². The summed E-state index contributed by atoms with van der Waals surface area (Å²) in [6.45, 7) is 1.92. The van der Waals surface area contributed by atoms with Crippen LogP contribution in [0.2, 0.25) is 5.02 Å². The Hall–Kier alpha value is -4.17. The van der Waals surface area contributed by atoms with Crippen LogP contribution in [0.1, 0.15) is 44.3 Å². The summed E-state index contributed by atoms with van der Waals surface area (Å²) in [7, 11) is 0. The minimum absolute atomic E-state index is 0.0876. The number of aromatic nitrogens is 1. The zero-order valence-corrected chi connectivity index (χ0v) is 21.0. The summed E-state index contributed by atoms with van der Waals surface area (Å²) < 4.78 is 38.9. The van der Waals surface area contributed by atoms with Crippen molar-refractivity contribution in [2.75, 3.05) is 5.32 Å². The Bertz CT molecular complexity index is 1490. The van der Waals surface area contributed by atoms with Gasteiger partial charge in [-0.1, -0.05) is 42.8 Å². The third-order valence-corrected chi connectivity index (χ3v) is 6.07. The minimum atomic E-state index is -4.47. The molecule has 1 aromatic heterocycles. The Morgan fingerprint density at radius 3 is 2.37 bits per heavy atom. The fraction of sp³-hybridized carbons (Fsp3) is 0.138. The molecule has 2 amide bonds. The number of rotatable bonds is 7. The quantitative estimate of drug-likeness (QED) is 0.263. The smallest absolute Gasteiger partial charge is 0.348 e. The van der Waals surface area contributed by atoms with Crippen LogP contribution in [0.15, 0.2) is 85.1 Å². The highest BCUT2D eigenvalue weighted by Crippen LogP contribution is 2.31. The van der Waals surface area contributed by atoms with Crippen LogP contribution in [0.3, 0.4) is 0 Å². The number of aryl methyl sites for hydroxylation is 1. The van der Waals surface area contributed by atoms with E-state index in [9.17, 15) is 22.8 Å². The van der Waals surface area contributed by atoms with Crippen molar-refractivity contribution in [1.82, 2.24) is 10.3 Å². The van der Waals surface area contributed by atoms with Crippen LogP contribution in [0.5, 0.6) is 0 Å². The molecule has 1 heterocycles. The van der Waals surface area contributed by atoms with Crippen molar-refractivity contribution < 1.29 is 22.8 Å². The monoisotopic (exact) mass is 537 g/mol. The largest absolute Gasteiger partial charge is 0.416 e. The fourth-order valence-electron chi connectivity index (χ4n) is 3.83. The van der Waals surface area contributed by atoms with Gasteiger partial charge in [0.25, 0.3) is 11.8 Å². The predicted molar refractivity (Wildman–Crippen MR) is 141 cm³/mol. The van der Waals surface area contributed by atoms with Gasteiger partial charge in [-0.15, -0.1) is 0 Å². The van der Waals surface area contributed by atoms with E-state index in [2.05, 4.69) is 15.6 Å². The number of alkyl halides is 3. The van der Waals surface area contributed by atoms with Gasteiger partial charge in [-0.2, -0.15) is 13.2 Å². The fourth-order valence-corrected chi connectivity index (χ4v) is 4.00. The summed E-state index contributed by atoms with van der Waals surface area (Å²) in [5.74, 6) is -0.797. The third kappa shape index (κ3) is 6.58. The molecule has 9 heteroatoms. The maximum Gasteiger partial charge on any atom is 0.416 e. The zero-order chi connectivity index (χ0) is 27.3. The summed E-state index contributed by atoms with van der Waals surface area (Å²) in [5.41, 5.74) is 2.65. The summed E-state index contributed by atoms with van der Waals surface area (Å²) in [6.07, 6.45) is -2.24. The number of carbonyl (C=O) groups excluding carboxylic acids is 2. The Morgan fingerprint density at radius 1 is 0.868 bits per heavy atom. The second kappa shape index (κ2) is 11.5. The van der Waals surface area contributed by atoms with Crippen molar-refractivity contribution in [3.05, 3.63) is 118 Å². The van der Waals surface area contributed by atoms with E-state index in [1.807, 2.05) is 25.1 Å². The second-order valence-corrected chi connectivity index (χ2v) is 8.94. The lowest BCUT2D eigenvalue weighted by Gasteiger charge is -2.13. The van der Waals surface area contributed by atoms with E-state index in [1.165, 1.54) is 30.5 Å². The first-order chi connectivity index (χ1) is 18.1. The Balaban J connectivity index is 1.54. The number of carbonyl (C=O) groups is 2. The molecule has 0 radical (unpaired) electrons. The maximum atomic E-state index is 13.0. The number of anilines is 1.